The Balaban J connectivity index is 1.81. The molecular formula is C17H26N2O3. The van der Waals surface area contributed by atoms with Gasteiger partial charge in [0.25, 0.3) is 5.91 Å². The van der Waals surface area contributed by atoms with Crippen LogP contribution < -0.4 is 5.32 Å². The first-order valence-corrected chi connectivity index (χ1v) is 7.81. The van der Waals surface area contributed by atoms with Crippen molar-refractivity contribution in [2.75, 3.05) is 47.0 Å². The summed E-state index contributed by atoms with van der Waals surface area (Å²) in [5.74, 6) is 0.512. The quantitative estimate of drug-likeness (QED) is 0.791. The molecule has 5 nitrogen and oxygen atoms in total. The number of likely N-dealkylation sites (tertiary alicyclic amines) is 1. The summed E-state index contributed by atoms with van der Waals surface area (Å²) in [6.07, 6.45) is 1.13. The molecule has 1 aliphatic heterocycles. The van der Waals surface area contributed by atoms with E-state index in [1.165, 1.54) is 0 Å². The summed E-state index contributed by atoms with van der Waals surface area (Å²) in [6.45, 7) is 5.04. The summed E-state index contributed by atoms with van der Waals surface area (Å²) in [6, 6.07) is 7.59. The predicted molar refractivity (Wildman–Crippen MR) is 85.9 cm³/mol. The molecule has 0 radical (unpaired) electrons. The Kier molecular flexibility index (Phi) is 6.83. The van der Waals surface area contributed by atoms with Crippen LogP contribution in [0.2, 0.25) is 0 Å². The van der Waals surface area contributed by atoms with E-state index in [1.807, 2.05) is 24.3 Å². The van der Waals surface area contributed by atoms with Crippen LogP contribution in [0.15, 0.2) is 24.3 Å². The summed E-state index contributed by atoms with van der Waals surface area (Å²) in [5, 5.41) is 3.06. The second-order valence-corrected chi connectivity index (χ2v) is 5.75. The third-order valence-corrected chi connectivity index (χ3v) is 4.09. The van der Waals surface area contributed by atoms with Crippen molar-refractivity contribution < 1.29 is 14.3 Å². The molecule has 5 heteroatoms. The van der Waals surface area contributed by atoms with Crippen LogP contribution in [-0.4, -0.2) is 57.8 Å². The van der Waals surface area contributed by atoms with E-state index in [-0.39, 0.29) is 5.91 Å². The van der Waals surface area contributed by atoms with E-state index in [0.29, 0.717) is 18.1 Å². The van der Waals surface area contributed by atoms with Gasteiger partial charge in [0.2, 0.25) is 0 Å². The van der Waals surface area contributed by atoms with E-state index in [2.05, 4.69) is 10.2 Å². The SMILES string of the molecule is COCCN1CC[C@H](CNC(=O)c2ccccc2COC)C1. The number of rotatable bonds is 8. The van der Waals surface area contributed by atoms with Crippen LogP contribution in [0.3, 0.4) is 0 Å². The summed E-state index contributed by atoms with van der Waals surface area (Å²) in [7, 11) is 3.37. The Morgan fingerprint density at radius 1 is 1.32 bits per heavy atom. The first-order chi connectivity index (χ1) is 10.7. The van der Waals surface area contributed by atoms with E-state index in [4.69, 9.17) is 9.47 Å². The zero-order valence-electron chi connectivity index (χ0n) is 13.5. The van der Waals surface area contributed by atoms with E-state index in [9.17, 15) is 4.79 Å². The van der Waals surface area contributed by atoms with Gasteiger partial charge in [0, 0.05) is 39.4 Å². The predicted octanol–water partition coefficient (Wildman–Crippen LogP) is 1.53. The lowest BCUT2D eigenvalue weighted by Gasteiger charge is -2.16. The van der Waals surface area contributed by atoms with Gasteiger partial charge < -0.3 is 19.7 Å². The highest BCUT2D eigenvalue weighted by Gasteiger charge is 2.22. The average Bonchev–Trinajstić information content (AvgIpc) is 2.99. The van der Waals surface area contributed by atoms with Gasteiger partial charge in [-0.15, -0.1) is 0 Å². The van der Waals surface area contributed by atoms with Crippen molar-refractivity contribution in [2.24, 2.45) is 5.92 Å². The minimum absolute atomic E-state index is 0.0111. The van der Waals surface area contributed by atoms with Crippen molar-refractivity contribution >= 4 is 5.91 Å². The second-order valence-electron chi connectivity index (χ2n) is 5.75. The van der Waals surface area contributed by atoms with Crippen molar-refractivity contribution in [2.45, 2.75) is 13.0 Å². The lowest BCUT2D eigenvalue weighted by Crippen LogP contribution is -2.32. The first-order valence-electron chi connectivity index (χ1n) is 7.81. The van der Waals surface area contributed by atoms with Crippen LogP contribution in [0.4, 0.5) is 0 Å². The van der Waals surface area contributed by atoms with E-state index in [1.54, 1.807) is 14.2 Å². The smallest absolute Gasteiger partial charge is 0.251 e. The molecule has 1 amide bonds. The number of carbonyl (C=O) groups is 1. The van der Waals surface area contributed by atoms with Gasteiger partial charge in [-0.3, -0.25) is 4.79 Å². The fourth-order valence-corrected chi connectivity index (χ4v) is 2.86. The third kappa shape index (κ3) is 4.80. The van der Waals surface area contributed by atoms with Crippen LogP contribution in [-0.2, 0) is 16.1 Å². The molecule has 0 aromatic heterocycles. The lowest BCUT2D eigenvalue weighted by molar-refractivity contribution is 0.0942. The van der Waals surface area contributed by atoms with Gasteiger partial charge >= 0.3 is 0 Å². The van der Waals surface area contributed by atoms with Crippen molar-refractivity contribution in [3.05, 3.63) is 35.4 Å². The molecule has 1 N–H and O–H groups in total. The number of benzene rings is 1. The van der Waals surface area contributed by atoms with Crippen molar-refractivity contribution in [3.63, 3.8) is 0 Å². The number of carbonyl (C=O) groups excluding carboxylic acids is 1. The van der Waals surface area contributed by atoms with Gasteiger partial charge in [0.05, 0.1) is 13.2 Å². The van der Waals surface area contributed by atoms with Crippen molar-refractivity contribution in [1.82, 2.24) is 10.2 Å². The molecule has 2 rings (SSSR count). The maximum absolute atomic E-state index is 12.4. The highest BCUT2D eigenvalue weighted by Crippen LogP contribution is 2.15. The number of amides is 1. The summed E-state index contributed by atoms with van der Waals surface area (Å²) in [4.78, 5) is 14.7. The van der Waals surface area contributed by atoms with Gasteiger partial charge in [0.1, 0.15) is 0 Å². The third-order valence-electron chi connectivity index (χ3n) is 4.09. The Labute approximate surface area is 132 Å². The molecule has 0 unspecified atom stereocenters. The molecule has 0 aliphatic carbocycles. The fourth-order valence-electron chi connectivity index (χ4n) is 2.86. The van der Waals surface area contributed by atoms with Crippen LogP contribution in [0.5, 0.6) is 0 Å². The van der Waals surface area contributed by atoms with Crippen molar-refractivity contribution in [3.8, 4) is 0 Å². The highest BCUT2D eigenvalue weighted by molar-refractivity contribution is 5.95. The molecule has 122 valence electrons. The number of methoxy groups -OCH3 is 2. The molecule has 0 bridgehead atoms. The average molecular weight is 306 g/mol. The summed E-state index contributed by atoms with van der Waals surface area (Å²) in [5.41, 5.74) is 1.63. The van der Waals surface area contributed by atoms with Gasteiger partial charge in [0.15, 0.2) is 0 Å². The molecule has 0 saturated carbocycles. The second kappa shape index (κ2) is 8.88. The van der Waals surface area contributed by atoms with Gasteiger partial charge in [-0.25, -0.2) is 0 Å². The normalized spacial score (nSPS) is 18.5. The Hall–Kier alpha value is -1.43. The molecule has 1 atom stereocenters. The van der Waals surface area contributed by atoms with E-state index >= 15 is 0 Å². The molecule has 22 heavy (non-hydrogen) atoms. The maximum atomic E-state index is 12.4. The molecule has 1 aromatic rings. The largest absolute Gasteiger partial charge is 0.383 e. The first kappa shape index (κ1) is 16.9. The topological polar surface area (TPSA) is 50.8 Å². The van der Waals surface area contributed by atoms with Crippen LogP contribution in [0.1, 0.15) is 22.3 Å². The summed E-state index contributed by atoms with van der Waals surface area (Å²) >= 11 is 0. The van der Waals surface area contributed by atoms with Crippen LogP contribution >= 0.6 is 0 Å². The van der Waals surface area contributed by atoms with Gasteiger partial charge in [-0.1, -0.05) is 18.2 Å². The number of hydrogen-bond donors (Lipinski definition) is 1. The molecule has 1 aliphatic rings. The van der Waals surface area contributed by atoms with E-state index in [0.717, 1.165) is 44.8 Å². The molecule has 1 aromatic carbocycles. The van der Waals surface area contributed by atoms with Gasteiger partial charge in [-0.05, 0) is 30.5 Å². The number of hydrogen-bond acceptors (Lipinski definition) is 4. The highest BCUT2D eigenvalue weighted by atomic mass is 16.5. The van der Waals surface area contributed by atoms with Gasteiger partial charge in [-0.2, -0.15) is 0 Å². The molecule has 1 heterocycles. The van der Waals surface area contributed by atoms with Crippen LogP contribution in [0.25, 0.3) is 0 Å². The Morgan fingerprint density at radius 3 is 2.91 bits per heavy atom. The molecular weight excluding hydrogens is 280 g/mol. The molecule has 1 saturated heterocycles. The zero-order valence-corrected chi connectivity index (χ0v) is 13.5. The molecule has 0 spiro atoms. The Bertz CT molecular complexity index is 479. The van der Waals surface area contributed by atoms with E-state index < -0.39 is 0 Å². The fraction of sp³-hybridized carbons (Fsp3) is 0.588. The molecule has 1 fully saturated rings. The summed E-state index contributed by atoms with van der Waals surface area (Å²) < 4.78 is 10.3. The lowest BCUT2D eigenvalue weighted by atomic mass is 10.1. The minimum Gasteiger partial charge on any atom is -0.383 e. The number of nitrogens with zero attached hydrogens (tertiary/aromatic N) is 1. The standard InChI is InChI=1S/C17H26N2O3/c1-21-10-9-19-8-7-14(12-19)11-18-17(20)16-6-4-3-5-15(16)13-22-2/h3-6,14H,7-13H2,1-2H3,(H,18,20)/t14-/m1/s1. The monoisotopic (exact) mass is 306 g/mol. The zero-order chi connectivity index (χ0) is 15.8. The maximum Gasteiger partial charge on any atom is 0.251 e. The number of ether oxygens (including phenoxy) is 2. The van der Waals surface area contributed by atoms with Crippen LogP contribution in [0, 0.1) is 5.92 Å². The Morgan fingerprint density at radius 2 is 2.14 bits per heavy atom. The minimum atomic E-state index is -0.0111. The van der Waals surface area contributed by atoms with Crippen molar-refractivity contribution in [1.29, 1.82) is 0 Å². The number of nitrogens with one attached hydrogen (secondary N) is 1.